The van der Waals surface area contributed by atoms with Gasteiger partial charge >= 0.3 is 0 Å². The molecule has 3 nitrogen and oxygen atoms in total. The molecule has 0 bridgehead atoms. The molecule has 0 saturated heterocycles. The molecular formula is C18H21FN2O. The number of nitrogens with one attached hydrogen (secondary N) is 2. The van der Waals surface area contributed by atoms with Gasteiger partial charge in [0, 0.05) is 17.9 Å². The zero-order valence-electron chi connectivity index (χ0n) is 12.9. The fraction of sp³-hybridized carbons (Fsp3) is 0.278. The molecule has 2 rings (SSSR count). The molecule has 116 valence electrons. The smallest absolute Gasteiger partial charge is 0.228 e. The van der Waals surface area contributed by atoms with E-state index in [0.29, 0.717) is 5.92 Å². The summed E-state index contributed by atoms with van der Waals surface area (Å²) in [5.74, 6) is 0.165. The quantitative estimate of drug-likeness (QED) is 0.844. The lowest BCUT2D eigenvalue weighted by atomic mass is 10.1. The first-order valence-electron chi connectivity index (χ1n) is 7.41. The third-order valence-corrected chi connectivity index (χ3v) is 3.16. The summed E-state index contributed by atoms with van der Waals surface area (Å²) in [6.07, 6.45) is 0.230. The molecule has 4 heteroatoms. The summed E-state index contributed by atoms with van der Waals surface area (Å²) in [5.41, 5.74) is 2.57. The maximum atomic E-state index is 12.8. The molecule has 0 aliphatic carbocycles. The Morgan fingerprint density at radius 3 is 2.18 bits per heavy atom. The van der Waals surface area contributed by atoms with E-state index in [1.54, 1.807) is 12.1 Å². The molecule has 2 aromatic carbocycles. The first kappa shape index (κ1) is 16.0. The maximum absolute atomic E-state index is 12.8. The van der Waals surface area contributed by atoms with Gasteiger partial charge in [-0.3, -0.25) is 4.79 Å². The highest BCUT2D eigenvalue weighted by atomic mass is 19.1. The summed E-state index contributed by atoms with van der Waals surface area (Å²) in [6.45, 7) is 5.21. The van der Waals surface area contributed by atoms with Gasteiger partial charge in [0.15, 0.2) is 0 Å². The van der Waals surface area contributed by atoms with Crippen molar-refractivity contribution in [3.63, 3.8) is 0 Å². The summed E-state index contributed by atoms with van der Waals surface area (Å²) in [7, 11) is 0. The largest absolute Gasteiger partial charge is 0.385 e. The zero-order chi connectivity index (χ0) is 15.9. The Labute approximate surface area is 130 Å². The second-order valence-electron chi connectivity index (χ2n) is 5.70. The van der Waals surface area contributed by atoms with Crippen LogP contribution in [0.3, 0.4) is 0 Å². The van der Waals surface area contributed by atoms with Crippen molar-refractivity contribution in [1.82, 2.24) is 0 Å². The Bertz CT molecular complexity index is 606. The summed E-state index contributed by atoms with van der Waals surface area (Å²) < 4.78 is 12.8. The van der Waals surface area contributed by atoms with Gasteiger partial charge in [0.1, 0.15) is 5.82 Å². The van der Waals surface area contributed by atoms with Crippen molar-refractivity contribution in [2.45, 2.75) is 20.3 Å². The molecule has 0 radical (unpaired) electrons. The Morgan fingerprint density at radius 1 is 1.00 bits per heavy atom. The monoisotopic (exact) mass is 300 g/mol. The van der Waals surface area contributed by atoms with E-state index >= 15 is 0 Å². The molecule has 0 heterocycles. The third-order valence-electron chi connectivity index (χ3n) is 3.16. The van der Waals surface area contributed by atoms with Crippen molar-refractivity contribution in [3.05, 3.63) is 59.9 Å². The van der Waals surface area contributed by atoms with Crippen molar-refractivity contribution >= 4 is 17.3 Å². The summed E-state index contributed by atoms with van der Waals surface area (Å²) in [5, 5.41) is 6.16. The number of benzene rings is 2. The van der Waals surface area contributed by atoms with Crippen LogP contribution >= 0.6 is 0 Å². The van der Waals surface area contributed by atoms with Crippen molar-refractivity contribution in [2.24, 2.45) is 5.92 Å². The molecule has 1 amide bonds. The number of amides is 1. The average Bonchev–Trinajstić information content (AvgIpc) is 2.49. The summed E-state index contributed by atoms with van der Waals surface area (Å²) in [6, 6.07) is 13.6. The van der Waals surface area contributed by atoms with Gasteiger partial charge in [-0.1, -0.05) is 26.0 Å². The number of anilines is 2. The number of carbonyl (C=O) groups is 1. The number of hydrogen-bond acceptors (Lipinski definition) is 2. The molecular weight excluding hydrogens is 279 g/mol. The average molecular weight is 300 g/mol. The second kappa shape index (κ2) is 7.59. The molecule has 0 aliphatic heterocycles. The first-order chi connectivity index (χ1) is 10.5. The zero-order valence-corrected chi connectivity index (χ0v) is 12.9. The standard InChI is InChI=1S/C18H21FN2O/c1-13(2)12-20-16-7-9-17(10-8-16)21-18(22)11-14-3-5-15(19)6-4-14/h3-10,13,20H,11-12H2,1-2H3,(H,21,22). The maximum Gasteiger partial charge on any atom is 0.228 e. The number of rotatable bonds is 6. The van der Waals surface area contributed by atoms with Crippen LogP contribution in [-0.4, -0.2) is 12.5 Å². The molecule has 2 aromatic rings. The SMILES string of the molecule is CC(C)CNc1ccc(NC(=O)Cc2ccc(F)cc2)cc1. The summed E-state index contributed by atoms with van der Waals surface area (Å²) in [4.78, 5) is 11.9. The number of hydrogen-bond donors (Lipinski definition) is 2. The minimum Gasteiger partial charge on any atom is -0.385 e. The van der Waals surface area contributed by atoms with Gasteiger partial charge in [0.2, 0.25) is 5.91 Å². The Hall–Kier alpha value is -2.36. The normalized spacial score (nSPS) is 10.5. The third kappa shape index (κ3) is 5.20. The number of carbonyl (C=O) groups excluding carboxylic acids is 1. The van der Waals surface area contributed by atoms with E-state index in [9.17, 15) is 9.18 Å². The van der Waals surface area contributed by atoms with Crippen LogP contribution in [0.4, 0.5) is 15.8 Å². The molecule has 0 aromatic heterocycles. The molecule has 0 saturated carbocycles. The molecule has 0 atom stereocenters. The topological polar surface area (TPSA) is 41.1 Å². The highest BCUT2D eigenvalue weighted by Gasteiger charge is 2.04. The summed E-state index contributed by atoms with van der Waals surface area (Å²) >= 11 is 0. The fourth-order valence-electron chi connectivity index (χ4n) is 1.99. The van der Waals surface area contributed by atoms with Crippen LogP contribution < -0.4 is 10.6 Å². The van der Waals surface area contributed by atoms with Gasteiger partial charge in [-0.2, -0.15) is 0 Å². The van der Waals surface area contributed by atoms with Gasteiger partial charge in [-0.05, 0) is 47.9 Å². The van der Waals surface area contributed by atoms with E-state index in [-0.39, 0.29) is 18.1 Å². The number of halogens is 1. The highest BCUT2D eigenvalue weighted by molar-refractivity contribution is 5.92. The highest BCUT2D eigenvalue weighted by Crippen LogP contribution is 2.14. The Balaban J connectivity index is 1.87. The van der Waals surface area contributed by atoms with Crippen LogP contribution in [0.25, 0.3) is 0 Å². The molecule has 22 heavy (non-hydrogen) atoms. The van der Waals surface area contributed by atoms with Gasteiger partial charge in [-0.15, -0.1) is 0 Å². The van der Waals surface area contributed by atoms with Crippen LogP contribution in [0.2, 0.25) is 0 Å². The second-order valence-corrected chi connectivity index (χ2v) is 5.70. The molecule has 0 unspecified atom stereocenters. The van der Waals surface area contributed by atoms with Crippen LogP contribution in [-0.2, 0) is 11.2 Å². The van der Waals surface area contributed by atoms with Crippen LogP contribution in [0, 0.1) is 11.7 Å². The van der Waals surface area contributed by atoms with Crippen LogP contribution in [0.15, 0.2) is 48.5 Å². The van der Waals surface area contributed by atoms with Crippen molar-refractivity contribution < 1.29 is 9.18 Å². The van der Waals surface area contributed by atoms with Crippen LogP contribution in [0.5, 0.6) is 0 Å². The lowest BCUT2D eigenvalue weighted by Gasteiger charge is -2.10. The predicted octanol–water partition coefficient (Wildman–Crippen LogP) is 4.07. The van der Waals surface area contributed by atoms with Crippen molar-refractivity contribution in [2.75, 3.05) is 17.2 Å². The minimum absolute atomic E-state index is 0.116. The van der Waals surface area contributed by atoms with Gasteiger partial charge in [-0.25, -0.2) is 4.39 Å². The van der Waals surface area contributed by atoms with Gasteiger partial charge in [0.25, 0.3) is 0 Å². The van der Waals surface area contributed by atoms with Gasteiger partial charge in [0.05, 0.1) is 6.42 Å². The lowest BCUT2D eigenvalue weighted by Crippen LogP contribution is -2.14. The van der Waals surface area contributed by atoms with E-state index in [4.69, 9.17) is 0 Å². The molecule has 0 spiro atoms. The van der Waals surface area contributed by atoms with E-state index in [1.165, 1.54) is 12.1 Å². The van der Waals surface area contributed by atoms with Crippen molar-refractivity contribution in [3.8, 4) is 0 Å². The fourth-order valence-corrected chi connectivity index (χ4v) is 1.99. The van der Waals surface area contributed by atoms with E-state index < -0.39 is 0 Å². The van der Waals surface area contributed by atoms with E-state index in [1.807, 2.05) is 24.3 Å². The van der Waals surface area contributed by atoms with Crippen molar-refractivity contribution in [1.29, 1.82) is 0 Å². The molecule has 2 N–H and O–H groups in total. The lowest BCUT2D eigenvalue weighted by molar-refractivity contribution is -0.115. The van der Waals surface area contributed by atoms with E-state index in [2.05, 4.69) is 24.5 Å². The first-order valence-corrected chi connectivity index (χ1v) is 7.41. The predicted molar refractivity (Wildman–Crippen MR) is 88.5 cm³/mol. The molecule has 0 aliphatic rings. The van der Waals surface area contributed by atoms with E-state index in [0.717, 1.165) is 23.5 Å². The minimum atomic E-state index is -0.298. The molecule has 0 fully saturated rings. The Kier molecular flexibility index (Phi) is 5.53. The van der Waals surface area contributed by atoms with Gasteiger partial charge < -0.3 is 10.6 Å². The van der Waals surface area contributed by atoms with Crippen LogP contribution in [0.1, 0.15) is 19.4 Å². The Morgan fingerprint density at radius 2 is 1.59 bits per heavy atom.